The minimum Gasteiger partial charge on any atom is -0.377 e. The normalized spacial score (nSPS) is 20.7. The van der Waals surface area contributed by atoms with Crippen molar-refractivity contribution in [2.24, 2.45) is 0 Å². The number of fused-ring (bicyclic) bond motifs is 1. The largest absolute Gasteiger partial charge is 0.377 e. The maximum Gasteiger partial charge on any atom is 0.267 e. The van der Waals surface area contributed by atoms with Crippen molar-refractivity contribution in [3.05, 3.63) is 59.3 Å². The second-order valence-electron chi connectivity index (χ2n) is 5.40. The minimum atomic E-state index is -0.169. The molecule has 2 atom stereocenters. The summed E-state index contributed by atoms with van der Waals surface area (Å²) in [6.45, 7) is 0.934. The van der Waals surface area contributed by atoms with E-state index in [4.69, 9.17) is 4.74 Å². The third-order valence-electron chi connectivity index (χ3n) is 3.97. The summed E-state index contributed by atoms with van der Waals surface area (Å²) in [5.41, 5.74) is 0.734. The number of hydrogen-bond acceptors (Lipinski definition) is 6. The van der Waals surface area contributed by atoms with Crippen molar-refractivity contribution < 1.29 is 4.74 Å². The molecule has 3 heterocycles. The van der Waals surface area contributed by atoms with Crippen molar-refractivity contribution in [3.8, 4) is 0 Å². The van der Waals surface area contributed by atoms with E-state index in [2.05, 4.69) is 20.4 Å². The van der Waals surface area contributed by atoms with Gasteiger partial charge in [0.05, 0.1) is 24.8 Å². The molecule has 1 aliphatic rings. The number of benzene rings is 1. The Morgan fingerprint density at radius 1 is 1.13 bits per heavy atom. The lowest BCUT2D eigenvalue weighted by atomic mass is 10.1. The van der Waals surface area contributed by atoms with Crippen molar-refractivity contribution in [1.82, 2.24) is 19.7 Å². The predicted octanol–water partition coefficient (Wildman–Crippen LogP) is 1.24. The van der Waals surface area contributed by atoms with Gasteiger partial charge < -0.3 is 10.1 Å². The molecule has 0 bridgehead atoms. The standard InChI is InChI=1S/C16H15N5O2/c22-15-6-3-7-19-21(15)14-9-23-8-13(14)20-16-11-4-1-2-5-12(11)17-10-18-16/h1-7,10,13-14H,8-9H2,(H,17,18,20). The zero-order valence-corrected chi connectivity index (χ0v) is 12.3. The van der Waals surface area contributed by atoms with Crippen LogP contribution in [-0.2, 0) is 4.74 Å². The fourth-order valence-corrected chi connectivity index (χ4v) is 2.84. The Morgan fingerprint density at radius 3 is 2.96 bits per heavy atom. The summed E-state index contributed by atoms with van der Waals surface area (Å²) in [5.74, 6) is 0.736. The first kappa shape index (κ1) is 13.8. The number of hydrogen-bond donors (Lipinski definition) is 1. The van der Waals surface area contributed by atoms with E-state index in [0.717, 1.165) is 16.7 Å². The van der Waals surface area contributed by atoms with Crippen LogP contribution in [0.1, 0.15) is 6.04 Å². The van der Waals surface area contributed by atoms with E-state index < -0.39 is 0 Å². The van der Waals surface area contributed by atoms with Crippen LogP contribution in [-0.4, -0.2) is 39.0 Å². The molecule has 1 N–H and O–H groups in total. The SMILES string of the molecule is O=c1cccnn1C1COCC1Nc1ncnc2ccccc12. The number of aromatic nitrogens is 4. The molecule has 1 fully saturated rings. The Hall–Kier alpha value is -2.80. The van der Waals surface area contributed by atoms with Gasteiger partial charge in [-0.3, -0.25) is 4.79 Å². The molecular weight excluding hydrogens is 294 g/mol. The number of nitrogens with one attached hydrogen (secondary N) is 1. The van der Waals surface area contributed by atoms with E-state index in [1.165, 1.54) is 17.1 Å². The molecule has 0 spiro atoms. The van der Waals surface area contributed by atoms with E-state index in [-0.39, 0.29) is 17.6 Å². The molecule has 1 saturated heterocycles. The van der Waals surface area contributed by atoms with Crippen molar-refractivity contribution in [3.63, 3.8) is 0 Å². The lowest BCUT2D eigenvalue weighted by Gasteiger charge is -2.21. The number of anilines is 1. The molecule has 1 aromatic carbocycles. The van der Waals surface area contributed by atoms with Crippen LogP contribution in [0.4, 0.5) is 5.82 Å². The first-order valence-electron chi connectivity index (χ1n) is 7.41. The van der Waals surface area contributed by atoms with Gasteiger partial charge in [0.15, 0.2) is 0 Å². The Morgan fingerprint density at radius 2 is 2.04 bits per heavy atom. The highest BCUT2D eigenvalue weighted by Crippen LogP contribution is 2.24. The smallest absolute Gasteiger partial charge is 0.267 e. The fourth-order valence-electron chi connectivity index (χ4n) is 2.84. The molecule has 2 aromatic heterocycles. The van der Waals surface area contributed by atoms with Crippen LogP contribution in [0.2, 0.25) is 0 Å². The molecule has 3 aromatic rings. The quantitative estimate of drug-likeness (QED) is 0.784. The Kier molecular flexibility index (Phi) is 3.47. The first-order valence-corrected chi connectivity index (χ1v) is 7.41. The van der Waals surface area contributed by atoms with Gasteiger partial charge in [-0.25, -0.2) is 14.6 Å². The maximum absolute atomic E-state index is 12.0. The molecule has 2 unspecified atom stereocenters. The molecule has 0 saturated carbocycles. The van der Waals surface area contributed by atoms with Crippen LogP contribution in [0.25, 0.3) is 10.9 Å². The molecule has 116 valence electrons. The van der Waals surface area contributed by atoms with Crippen LogP contribution in [0, 0.1) is 0 Å². The monoisotopic (exact) mass is 309 g/mol. The van der Waals surface area contributed by atoms with Gasteiger partial charge in [-0.2, -0.15) is 5.10 Å². The van der Waals surface area contributed by atoms with Crippen molar-refractivity contribution in [1.29, 1.82) is 0 Å². The zero-order valence-electron chi connectivity index (χ0n) is 12.3. The maximum atomic E-state index is 12.0. The molecule has 7 nitrogen and oxygen atoms in total. The second-order valence-corrected chi connectivity index (χ2v) is 5.40. The van der Waals surface area contributed by atoms with E-state index >= 15 is 0 Å². The van der Waals surface area contributed by atoms with Gasteiger partial charge in [-0.05, 0) is 18.2 Å². The molecule has 7 heteroatoms. The highest BCUT2D eigenvalue weighted by Gasteiger charge is 2.31. The van der Waals surface area contributed by atoms with E-state index in [1.54, 1.807) is 12.3 Å². The summed E-state index contributed by atoms with van der Waals surface area (Å²) in [7, 11) is 0. The first-order chi connectivity index (χ1) is 11.3. The third kappa shape index (κ3) is 2.55. The summed E-state index contributed by atoms with van der Waals surface area (Å²) >= 11 is 0. The second kappa shape index (κ2) is 5.77. The zero-order chi connectivity index (χ0) is 15.6. The highest BCUT2D eigenvalue weighted by molar-refractivity contribution is 5.88. The predicted molar refractivity (Wildman–Crippen MR) is 85.3 cm³/mol. The van der Waals surface area contributed by atoms with Crippen LogP contribution in [0.5, 0.6) is 0 Å². The number of rotatable bonds is 3. The van der Waals surface area contributed by atoms with Crippen LogP contribution in [0.15, 0.2) is 53.7 Å². The summed E-state index contributed by atoms with van der Waals surface area (Å²) in [6, 6.07) is 10.7. The number of nitrogens with zero attached hydrogens (tertiary/aromatic N) is 4. The van der Waals surface area contributed by atoms with Gasteiger partial charge in [-0.15, -0.1) is 0 Å². The Bertz CT molecular complexity index is 889. The molecule has 1 aliphatic heterocycles. The van der Waals surface area contributed by atoms with E-state index in [1.807, 2.05) is 24.3 Å². The molecule has 0 aliphatic carbocycles. The molecule has 0 amide bonds. The van der Waals surface area contributed by atoms with Crippen molar-refractivity contribution >= 4 is 16.7 Å². The average Bonchev–Trinajstić information content (AvgIpc) is 3.04. The Labute approximate surface area is 132 Å². The van der Waals surface area contributed by atoms with E-state index in [0.29, 0.717) is 13.2 Å². The summed E-state index contributed by atoms with van der Waals surface area (Å²) in [4.78, 5) is 20.6. The summed E-state index contributed by atoms with van der Waals surface area (Å²) in [6.07, 6.45) is 3.14. The Balaban J connectivity index is 1.67. The van der Waals surface area contributed by atoms with Crippen molar-refractivity contribution in [2.75, 3.05) is 18.5 Å². The van der Waals surface area contributed by atoms with Crippen LogP contribution >= 0.6 is 0 Å². The van der Waals surface area contributed by atoms with Crippen molar-refractivity contribution in [2.45, 2.75) is 12.1 Å². The van der Waals surface area contributed by atoms with E-state index in [9.17, 15) is 4.79 Å². The number of para-hydroxylation sites is 1. The van der Waals surface area contributed by atoms with Gasteiger partial charge in [0.25, 0.3) is 5.56 Å². The van der Waals surface area contributed by atoms with Gasteiger partial charge in [-0.1, -0.05) is 12.1 Å². The fraction of sp³-hybridized carbons (Fsp3) is 0.250. The highest BCUT2D eigenvalue weighted by atomic mass is 16.5. The molecule has 23 heavy (non-hydrogen) atoms. The summed E-state index contributed by atoms with van der Waals surface area (Å²) < 4.78 is 7.02. The number of ether oxygens (including phenoxy) is 1. The molecule has 4 rings (SSSR count). The average molecular weight is 309 g/mol. The van der Waals surface area contributed by atoms with Crippen LogP contribution < -0.4 is 10.9 Å². The third-order valence-corrected chi connectivity index (χ3v) is 3.97. The van der Waals surface area contributed by atoms with Gasteiger partial charge in [0, 0.05) is 17.6 Å². The minimum absolute atomic E-state index is 0.0825. The topological polar surface area (TPSA) is 81.9 Å². The molecule has 0 radical (unpaired) electrons. The lowest BCUT2D eigenvalue weighted by molar-refractivity contribution is 0.182. The van der Waals surface area contributed by atoms with Gasteiger partial charge in [0.2, 0.25) is 0 Å². The summed E-state index contributed by atoms with van der Waals surface area (Å²) in [5, 5.41) is 8.49. The van der Waals surface area contributed by atoms with Gasteiger partial charge in [0.1, 0.15) is 18.2 Å². The van der Waals surface area contributed by atoms with Gasteiger partial charge >= 0.3 is 0 Å². The molecular formula is C16H15N5O2. The van der Waals surface area contributed by atoms with Crippen LogP contribution in [0.3, 0.4) is 0 Å². The lowest BCUT2D eigenvalue weighted by Crippen LogP contribution is -2.37.